The van der Waals surface area contributed by atoms with Crippen molar-refractivity contribution in [1.29, 1.82) is 0 Å². The number of imidazole rings is 1. The Hall–Kier alpha value is -2.65. The number of rotatable bonds is 6. The topological polar surface area (TPSA) is 104 Å². The van der Waals surface area contributed by atoms with Crippen molar-refractivity contribution in [2.75, 3.05) is 32.5 Å². The highest BCUT2D eigenvalue weighted by Crippen LogP contribution is 2.26. The molecule has 3 aromatic rings. The Morgan fingerprint density at radius 1 is 1.17 bits per heavy atom. The highest BCUT2D eigenvalue weighted by Gasteiger charge is 2.22. The lowest BCUT2D eigenvalue weighted by Gasteiger charge is -2.14. The van der Waals surface area contributed by atoms with Crippen LogP contribution in [-0.2, 0) is 13.1 Å². The normalized spacial score (nSPS) is 14.7. The minimum Gasteiger partial charge on any atom is -0.496 e. The van der Waals surface area contributed by atoms with E-state index in [0.717, 1.165) is 42.2 Å². The summed E-state index contributed by atoms with van der Waals surface area (Å²) in [5, 5.41) is 0.181. The number of aromatic nitrogens is 5. The molecule has 10 heteroatoms. The largest absolute Gasteiger partial charge is 0.496 e. The molecular formula is C20H26ClN7O2. The molecule has 0 radical (unpaired) electrons. The molecule has 1 aliphatic rings. The predicted molar refractivity (Wildman–Crippen MR) is 116 cm³/mol. The molecule has 0 aliphatic carbocycles. The Morgan fingerprint density at radius 2 is 1.90 bits per heavy atom. The number of nitrogen functional groups attached to an aromatic ring is 1. The third-order valence-electron chi connectivity index (χ3n) is 5.72. The minimum atomic E-state index is -0.202. The second kappa shape index (κ2) is 8.23. The van der Waals surface area contributed by atoms with E-state index in [9.17, 15) is 4.79 Å². The van der Waals surface area contributed by atoms with E-state index in [0.29, 0.717) is 17.7 Å². The molecule has 1 aliphatic heterocycles. The van der Waals surface area contributed by atoms with Crippen molar-refractivity contribution in [2.24, 2.45) is 0 Å². The van der Waals surface area contributed by atoms with Crippen LogP contribution in [0.15, 0.2) is 11.0 Å². The zero-order valence-corrected chi connectivity index (χ0v) is 18.2. The van der Waals surface area contributed by atoms with Gasteiger partial charge in [0.25, 0.3) is 0 Å². The van der Waals surface area contributed by atoms with Crippen LogP contribution < -0.4 is 16.2 Å². The van der Waals surface area contributed by atoms with E-state index in [1.54, 1.807) is 22.4 Å². The summed E-state index contributed by atoms with van der Waals surface area (Å²) >= 11 is 6.40. The number of aryl methyl sites for hydroxylation is 1. The molecule has 0 unspecified atom stereocenters. The third-order valence-corrected chi connectivity index (χ3v) is 5.99. The zero-order chi connectivity index (χ0) is 21.4. The first-order chi connectivity index (χ1) is 14.4. The van der Waals surface area contributed by atoms with Gasteiger partial charge in [0, 0.05) is 30.4 Å². The number of pyridine rings is 1. The highest BCUT2D eigenvalue weighted by molar-refractivity contribution is 6.33. The summed E-state index contributed by atoms with van der Waals surface area (Å²) in [6.07, 6.45) is 4.13. The third kappa shape index (κ3) is 3.63. The summed E-state index contributed by atoms with van der Waals surface area (Å²) in [6, 6.07) is 0. The standard InChI is InChI=1S/C20H26ClN7O2/c1-12-10-23-14(13(2)16(12)30-3)11-28-18-15(17(21)24-19(22)25-18)27(20(28)29)9-8-26-6-4-5-7-26/h10H,4-9,11H2,1-3H3,(H2,22,24,25). The van der Waals surface area contributed by atoms with Crippen molar-refractivity contribution in [1.82, 2.24) is 29.0 Å². The van der Waals surface area contributed by atoms with Crippen molar-refractivity contribution in [3.63, 3.8) is 0 Å². The second-order valence-electron chi connectivity index (χ2n) is 7.66. The van der Waals surface area contributed by atoms with Gasteiger partial charge in [0.05, 0.1) is 19.3 Å². The zero-order valence-electron chi connectivity index (χ0n) is 17.5. The van der Waals surface area contributed by atoms with E-state index in [4.69, 9.17) is 22.1 Å². The van der Waals surface area contributed by atoms with Gasteiger partial charge in [-0.15, -0.1) is 0 Å². The van der Waals surface area contributed by atoms with E-state index >= 15 is 0 Å². The average molecular weight is 432 g/mol. The molecule has 4 heterocycles. The van der Waals surface area contributed by atoms with Gasteiger partial charge in [-0.2, -0.15) is 9.97 Å². The maximum Gasteiger partial charge on any atom is 0.330 e. The van der Waals surface area contributed by atoms with Gasteiger partial charge in [-0.1, -0.05) is 11.6 Å². The quantitative estimate of drug-likeness (QED) is 0.595. The van der Waals surface area contributed by atoms with Crippen LogP contribution in [-0.4, -0.2) is 55.7 Å². The first-order valence-electron chi connectivity index (χ1n) is 10.0. The van der Waals surface area contributed by atoms with Gasteiger partial charge in [0.15, 0.2) is 10.8 Å². The van der Waals surface area contributed by atoms with Crippen molar-refractivity contribution >= 4 is 28.7 Å². The molecular weight excluding hydrogens is 406 g/mol. The van der Waals surface area contributed by atoms with E-state index < -0.39 is 0 Å². The molecule has 0 atom stereocenters. The molecule has 0 saturated carbocycles. The molecule has 9 nitrogen and oxygen atoms in total. The maximum absolute atomic E-state index is 13.4. The predicted octanol–water partition coefficient (Wildman–Crippen LogP) is 1.99. The Kier molecular flexibility index (Phi) is 5.66. The van der Waals surface area contributed by atoms with Crippen LogP contribution in [0.2, 0.25) is 5.15 Å². The fraction of sp³-hybridized carbons (Fsp3) is 0.500. The van der Waals surface area contributed by atoms with Gasteiger partial charge in [-0.3, -0.25) is 14.1 Å². The lowest BCUT2D eigenvalue weighted by molar-refractivity contribution is 0.322. The maximum atomic E-state index is 13.4. The van der Waals surface area contributed by atoms with Crippen LogP contribution in [0.4, 0.5) is 5.95 Å². The number of nitrogens with zero attached hydrogens (tertiary/aromatic N) is 6. The van der Waals surface area contributed by atoms with Crippen LogP contribution in [0, 0.1) is 13.8 Å². The summed E-state index contributed by atoms with van der Waals surface area (Å²) in [5.74, 6) is 0.794. The molecule has 0 bridgehead atoms. The lowest BCUT2D eigenvalue weighted by Crippen LogP contribution is -2.30. The summed E-state index contributed by atoms with van der Waals surface area (Å²) in [5.41, 5.74) is 9.11. The number of likely N-dealkylation sites (tertiary alicyclic amines) is 1. The molecule has 1 saturated heterocycles. The first kappa shape index (κ1) is 20.6. The van der Waals surface area contributed by atoms with Crippen molar-refractivity contribution < 1.29 is 4.74 Å². The molecule has 2 N–H and O–H groups in total. The average Bonchev–Trinajstić information content (AvgIpc) is 3.30. The SMILES string of the molecule is COc1c(C)cnc(Cn2c(=O)n(CCN3CCCC3)c3c(Cl)nc(N)nc32)c1C. The number of ether oxygens (including phenoxy) is 1. The van der Waals surface area contributed by atoms with Gasteiger partial charge < -0.3 is 15.4 Å². The van der Waals surface area contributed by atoms with E-state index in [-0.39, 0.29) is 23.3 Å². The Morgan fingerprint density at radius 3 is 2.60 bits per heavy atom. The minimum absolute atomic E-state index is 0.0316. The highest BCUT2D eigenvalue weighted by atomic mass is 35.5. The van der Waals surface area contributed by atoms with Crippen LogP contribution >= 0.6 is 11.6 Å². The van der Waals surface area contributed by atoms with E-state index in [1.807, 2.05) is 13.8 Å². The molecule has 3 aromatic heterocycles. The summed E-state index contributed by atoms with van der Waals surface area (Å²) in [6.45, 7) is 7.50. The van der Waals surface area contributed by atoms with E-state index in [1.165, 1.54) is 12.8 Å². The van der Waals surface area contributed by atoms with Crippen molar-refractivity contribution in [2.45, 2.75) is 39.8 Å². The lowest BCUT2D eigenvalue weighted by atomic mass is 10.1. The van der Waals surface area contributed by atoms with Crippen molar-refractivity contribution in [3.05, 3.63) is 38.7 Å². The molecule has 0 amide bonds. The van der Waals surface area contributed by atoms with E-state index in [2.05, 4.69) is 19.9 Å². The summed E-state index contributed by atoms with van der Waals surface area (Å²) in [4.78, 5) is 28.7. The Balaban J connectivity index is 1.80. The van der Waals surface area contributed by atoms with Crippen LogP contribution in [0.5, 0.6) is 5.75 Å². The molecule has 0 aromatic carbocycles. The second-order valence-corrected chi connectivity index (χ2v) is 8.02. The molecule has 1 fully saturated rings. The fourth-order valence-electron chi connectivity index (χ4n) is 4.16. The fourth-order valence-corrected chi connectivity index (χ4v) is 4.44. The van der Waals surface area contributed by atoms with Crippen molar-refractivity contribution in [3.8, 4) is 5.75 Å². The van der Waals surface area contributed by atoms with Crippen LogP contribution in [0.1, 0.15) is 29.7 Å². The number of nitrogens with two attached hydrogens (primary N) is 1. The molecule has 0 spiro atoms. The Bertz CT molecular complexity index is 1150. The Labute approximate surface area is 179 Å². The molecule has 160 valence electrons. The first-order valence-corrected chi connectivity index (χ1v) is 10.4. The number of fused-ring (bicyclic) bond motifs is 1. The number of hydrogen-bond donors (Lipinski definition) is 1. The monoisotopic (exact) mass is 431 g/mol. The summed E-state index contributed by atoms with van der Waals surface area (Å²) < 4.78 is 8.72. The summed E-state index contributed by atoms with van der Waals surface area (Å²) in [7, 11) is 1.63. The van der Waals surface area contributed by atoms with Crippen LogP contribution in [0.25, 0.3) is 11.2 Å². The number of anilines is 1. The van der Waals surface area contributed by atoms with Gasteiger partial charge in [0.2, 0.25) is 5.95 Å². The van der Waals surface area contributed by atoms with Gasteiger partial charge >= 0.3 is 5.69 Å². The number of methoxy groups -OCH3 is 1. The van der Waals surface area contributed by atoms with Gasteiger partial charge in [0.1, 0.15) is 11.3 Å². The molecule has 4 rings (SSSR count). The number of halogens is 1. The number of hydrogen-bond acceptors (Lipinski definition) is 7. The smallest absolute Gasteiger partial charge is 0.330 e. The van der Waals surface area contributed by atoms with Gasteiger partial charge in [-0.25, -0.2) is 4.79 Å². The van der Waals surface area contributed by atoms with Gasteiger partial charge in [-0.05, 0) is 39.8 Å². The van der Waals surface area contributed by atoms with Crippen LogP contribution in [0.3, 0.4) is 0 Å². The molecule has 30 heavy (non-hydrogen) atoms.